The van der Waals surface area contributed by atoms with Crippen LogP contribution in [-0.2, 0) is 5.60 Å². The van der Waals surface area contributed by atoms with E-state index < -0.39 is 5.60 Å². The monoisotopic (exact) mass is 276 g/mol. The zero-order chi connectivity index (χ0) is 14.4. The number of hydrogen-bond acceptors (Lipinski definition) is 1. The molecule has 0 saturated carbocycles. The molecule has 0 spiro atoms. The molecule has 0 aliphatic heterocycles. The highest BCUT2D eigenvalue weighted by atomic mass is 19.1. The number of aliphatic hydroxyl groups is 1. The highest BCUT2D eigenvalue weighted by Crippen LogP contribution is 2.50. The van der Waals surface area contributed by atoms with Crippen LogP contribution in [-0.4, -0.2) is 5.11 Å². The van der Waals surface area contributed by atoms with Crippen LogP contribution in [0, 0.1) is 5.82 Å². The normalized spacial score (nSPS) is 14.6. The molecule has 2 heteroatoms. The summed E-state index contributed by atoms with van der Waals surface area (Å²) in [5.74, 6) is -0.345. The molecule has 0 aromatic heterocycles. The number of rotatable bonds is 1. The number of halogens is 1. The molecule has 1 aliphatic carbocycles. The first kappa shape index (κ1) is 12.3. The van der Waals surface area contributed by atoms with Crippen LogP contribution >= 0.6 is 0 Å². The van der Waals surface area contributed by atoms with Gasteiger partial charge in [-0.05, 0) is 28.8 Å². The van der Waals surface area contributed by atoms with Crippen molar-refractivity contribution in [3.63, 3.8) is 0 Å². The molecule has 0 radical (unpaired) electrons. The molecule has 102 valence electrons. The molecule has 3 aromatic rings. The summed E-state index contributed by atoms with van der Waals surface area (Å²) in [6.45, 7) is 0. The largest absolute Gasteiger partial charge is 0.376 e. The third kappa shape index (κ3) is 1.60. The van der Waals surface area contributed by atoms with E-state index in [4.69, 9.17) is 0 Å². The molecule has 0 amide bonds. The van der Waals surface area contributed by atoms with E-state index in [1.807, 2.05) is 48.5 Å². The zero-order valence-corrected chi connectivity index (χ0v) is 11.3. The summed E-state index contributed by atoms with van der Waals surface area (Å²) >= 11 is 0. The summed E-state index contributed by atoms with van der Waals surface area (Å²) in [7, 11) is 0. The summed E-state index contributed by atoms with van der Waals surface area (Å²) in [5, 5.41) is 11.4. The predicted octanol–water partition coefficient (Wildman–Crippen LogP) is 4.09. The Balaban J connectivity index is 2.09. The Kier molecular flexibility index (Phi) is 2.50. The van der Waals surface area contributed by atoms with Gasteiger partial charge in [-0.15, -0.1) is 0 Å². The van der Waals surface area contributed by atoms with E-state index in [2.05, 4.69) is 0 Å². The van der Waals surface area contributed by atoms with Gasteiger partial charge in [0.25, 0.3) is 0 Å². The highest BCUT2D eigenvalue weighted by Gasteiger charge is 2.42. The number of fused-ring (bicyclic) bond motifs is 3. The molecular weight excluding hydrogens is 263 g/mol. The van der Waals surface area contributed by atoms with E-state index in [0.29, 0.717) is 5.56 Å². The van der Waals surface area contributed by atoms with Gasteiger partial charge in [-0.25, -0.2) is 4.39 Å². The van der Waals surface area contributed by atoms with Crippen LogP contribution in [0.1, 0.15) is 16.7 Å². The van der Waals surface area contributed by atoms with E-state index in [9.17, 15) is 9.50 Å². The zero-order valence-electron chi connectivity index (χ0n) is 11.3. The maximum atomic E-state index is 13.6. The van der Waals surface area contributed by atoms with Crippen molar-refractivity contribution < 1.29 is 9.50 Å². The van der Waals surface area contributed by atoms with Gasteiger partial charge in [-0.2, -0.15) is 0 Å². The standard InChI is InChI=1S/C19H13FO/c20-14-7-5-6-13(12-14)19(21)17-10-3-1-8-15(17)16-9-2-4-11-18(16)19/h1-12,21H. The fourth-order valence-electron chi connectivity index (χ4n) is 3.24. The Labute approximate surface area is 122 Å². The molecule has 1 nitrogen and oxygen atoms in total. The smallest absolute Gasteiger partial charge is 0.141 e. The summed E-state index contributed by atoms with van der Waals surface area (Å²) in [5.41, 5.74) is 2.86. The second-order valence-corrected chi connectivity index (χ2v) is 5.31. The van der Waals surface area contributed by atoms with Gasteiger partial charge in [0, 0.05) is 11.1 Å². The van der Waals surface area contributed by atoms with Crippen molar-refractivity contribution in [2.45, 2.75) is 5.60 Å². The third-order valence-corrected chi connectivity index (χ3v) is 4.17. The first-order valence-corrected chi connectivity index (χ1v) is 6.89. The Bertz CT molecular complexity index is 793. The molecule has 0 unspecified atom stereocenters. The second kappa shape index (κ2) is 4.27. The molecule has 1 aliphatic rings. The molecule has 0 bridgehead atoms. The van der Waals surface area contributed by atoms with Crippen molar-refractivity contribution in [2.75, 3.05) is 0 Å². The molecule has 0 saturated heterocycles. The molecule has 0 heterocycles. The van der Waals surface area contributed by atoms with Crippen LogP contribution in [0.2, 0.25) is 0 Å². The molecule has 21 heavy (non-hydrogen) atoms. The summed E-state index contributed by atoms with van der Waals surface area (Å²) < 4.78 is 13.6. The Hall–Kier alpha value is -2.45. The molecule has 0 fully saturated rings. The minimum absolute atomic E-state index is 0.345. The fourth-order valence-corrected chi connectivity index (χ4v) is 3.24. The topological polar surface area (TPSA) is 20.2 Å². The lowest BCUT2D eigenvalue weighted by molar-refractivity contribution is 0.130. The van der Waals surface area contributed by atoms with Gasteiger partial charge in [-0.3, -0.25) is 0 Å². The lowest BCUT2D eigenvalue weighted by atomic mass is 9.84. The van der Waals surface area contributed by atoms with Crippen LogP contribution in [0.25, 0.3) is 11.1 Å². The minimum atomic E-state index is -1.30. The van der Waals surface area contributed by atoms with E-state index in [0.717, 1.165) is 22.3 Å². The van der Waals surface area contributed by atoms with E-state index >= 15 is 0 Å². The molecular formula is C19H13FO. The van der Waals surface area contributed by atoms with Gasteiger partial charge in [-0.1, -0.05) is 60.7 Å². The van der Waals surface area contributed by atoms with Gasteiger partial charge < -0.3 is 5.11 Å². The Morgan fingerprint density at radius 2 is 1.29 bits per heavy atom. The molecule has 4 rings (SSSR count). The quantitative estimate of drug-likeness (QED) is 0.709. The van der Waals surface area contributed by atoms with Crippen molar-refractivity contribution in [1.29, 1.82) is 0 Å². The average molecular weight is 276 g/mol. The van der Waals surface area contributed by atoms with Gasteiger partial charge >= 0.3 is 0 Å². The van der Waals surface area contributed by atoms with Gasteiger partial charge in [0.05, 0.1) is 0 Å². The first-order valence-electron chi connectivity index (χ1n) is 6.89. The van der Waals surface area contributed by atoms with Crippen LogP contribution in [0.5, 0.6) is 0 Å². The maximum absolute atomic E-state index is 13.6. The van der Waals surface area contributed by atoms with Crippen LogP contribution in [0.3, 0.4) is 0 Å². The van der Waals surface area contributed by atoms with Gasteiger partial charge in [0.15, 0.2) is 0 Å². The number of benzene rings is 3. The lowest BCUT2D eigenvalue weighted by Gasteiger charge is -2.26. The third-order valence-electron chi connectivity index (χ3n) is 4.17. The van der Waals surface area contributed by atoms with E-state index in [1.165, 1.54) is 12.1 Å². The maximum Gasteiger partial charge on any atom is 0.141 e. The SMILES string of the molecule is OC1(c2cccc(F)c2)c2ccccc2-c2ccccc21. The lowest BCUT2D eigenvalue weighted by Crippen LogP contribution is -2.26. The van der Waals surface area contributed by atoms with Crippen LogP contribution < -0.4 is 0 Å². The van der Waals surface area contributed by atoms with Crippen LogP contribution in [0.4, 0.5) is 4.39 Å². The van der Waals surface area contributed by atoms with Crippen molar-refractivity contribution >= 4 is 0 Å². The van der Waals surface area contributed by atoms with Crippen molar-refractivity contribution in [2.24, 2.45) is 0 Å². The Morgan fingerprint density at radius 1 is 0.714 bits per heavy atom. The van der Waals surface area contributed by atoms with Crippen LogP contribution in [0.15, 0.2) is 72.8 Å². The summed E-state index contributed by atoms with van der Waals surface area (Å²) in [4.78, 5) is 0. The first-order chi connectivity index (χ1) is 10.2. The fraction of sp³-hybridized carbons (Fsp3) is 0.0526. The van der Waals surface area contributed by atoms with Crippen molar-refractivity contribution in [3.8, 4) is 11.1 Å². The summed E-state index contributed by atoms with van der Waals surface area (Å²) in [6.07, 6.45) is 0. The molecule has 1 N–H and O–H groups in total. The highest BCUT2D eigenvalue weighted by molar-refractivity contribution is 5.82. The average Bonchev–Trinajstić information content (AvgIpc) is 2.79. The van der Waals surface area contributed by atoms with E-state index in [1.54, 1.807) is 12.1 Å². The predicted molar refractivity (Wildman–Crippen MR) is 80.4 cm³/mol. The van der Waals surface area contributed by atoms with E-state index in [-0.39, 0.29) is 5.82 Å². The van der Waals surface area contributed by atoms with Gasteiger partial charge in [0.2, 0.25) is 0 Å². The van der Waals surface area contributed by atoms with Gasteiger partial charge in [0.1, 0.15) is 11.4 Å². The second-order valence-electron chi connectivity index (χ2n) is 5.31. The molecule has 3 aromatic carbocycles. The summed E-state index contributed by atoms with van der Waals surface area (Å²) in [6, 6.07) is 21.7. The van der Waals surface area contributed by atoms with Crippen molar-refractivity contribution in [3.05, 3.63) is 95.3 Å². The number of hydrogen-bond donors (Lipinski definition) is 1. The Morgan fingerprint density at radius 3 is 1.86 bits per heavy atom. The molecule has 0 atom stereocenters. The van der Waals surface area contributed by atoms with Crippen molar-refractivity contribution in [1.82, 2.24) is 0 Å². The minimum Gasteiger partial charge on any atom is -0.376 e.